The first kappa shape index (κ1) is 104. The van der Waals surface area contributed by atoms with Crippen molar-refractivity contribution in [3.8, 4) is 0 Å². The van der Waals surface area contributed by atoms with Gasteiger partial charge in [-0.3, -0.25) is 81.6 Å². The van der Waals surface area contributed by atoms with Gasteiger partial charge in [0.05, 0.1) is 126 Å². The lowest BCUT2D eigenvalue weighted by Gasteiger charge is -2.61. The second kappa shape index (κ2) is 40.2. The summed E-state index contributed by atoms with van der Waals surface area (Å²) in [5.41, 5.74) is 2.17. The Morgan fingerprint density at radius 1 is 0.377 bits per heavy atom. The maximum atomic E-state index is 14.1. The molecule has 12 fully saturated rings. The lowest BCUT2D eigenvalue weighted by molar-refractivity contribution is -0.212. The summed E-state index contributed by atoms with van der Waals surface area (Å²) in [7, 11) is 10.4. The molecule has 0 radical (unpaired) electrons. The van der Waals surface area contributed by atoms with Gasteiger partial charge in [-0.2, -0.15) is 0 Å². The molecule has 4 saturated heterocycles. The zero-order valence-corrected chi connectivity index (χ0v) is 82.1. The highest BCUT2D eigenvalue weighted by molar-refractivity contribution is 5.98. The lowest BCUT2D eigenvalue weighted by atomic mass is 9.43. The molecule has 0 aromatic carbocycles. The second-order valence-electron chi connectivity index (χ2n) is 42.3. The number of Topliss-reactive ketones (excluding diaryl/α,β-unsaturated/α-hetero) is 4. The van der Waals surface area contributed by atoms with Crippen LogP contribution < -0.4 is 16.4 Å². The number of ketones is 4. The molecule has 4 unspecified atom stereocenters. The van der Waals surface area contributed by atoms with Crippen LogP contribution in [0.4, 0.5) is 0 Å². The molecule has 0 spiro atoms. The Morgan fingerprint density at radius 3 is 0.826 bits per heavy atom. The van der Waals surface area contributed by atoms with E-state index in [0.717, 1.165) is 11.1 Å². The first-order valence-corrected chi connectivity index (χ1v) is 47.5. The molecule has 8 aliphatic carbocycles. The third kappa shape index (κ3) is 18.8. The number of nitrogens with zero attached hydrogens (tertiary/aromatic N) is 1. The maximum Gasteiger partial charge on any atom is 0.329 e. The van der Waals surface area contributed by atoms with Gasteiger partial charge in [0.25, 0.3) is 0 Å². The Morgan fingerprint density at radius 2 is 0.616 bits per heavy atom. The van der Waals surface area contributed by atoms with Crippen molar-refractivity contribution >= 4 is 101 Å². The number of methoxy groups -OCH3 is 4. The number of nitrogens with one attached hydrogen (secondary N) is 2. The van der Waals surface area contributed by atoms with Crippen LogP contribution in [0.25, 0.3) is 0 Å². The molecule has 12 aliphatic rings. The van der Waals surface area contributed by atoms with Crippen molar-refractivity contribution in [2.24, 2.45) is 120 Å². The number of nitrogens with two attached hydrogens (primary N) is 1. The average molecular weight is 1930 g/mol. The molecule has 16 rings (SSSR count). The van der Waals surface area contributed by atoms with Crippen LogP contribution in [0.5, 0.6) is 0 Å². The number of esters is 12. The number of likely N-dealkylation sites (N-methyl/N-ethyl adjacent to an activating group) is 2. The molecular formula is C101H132N4O33. The van der Waals surface area contributed by atoms with Crippen LogP contribution >= 0.6 is 0 Å². The molecule has 37 nitrogen and oxygen atoms in total. The topological polar surface area (TPSA) is 507 Å². The van der Waals surface area contributed by atoms with Crippen molar-refractivity contribution in [1.82, 2.24) is 15.5 Å². The van der Waals surface area contributed by atoms with Gasteiger partial charge in [-0.15, -0.1) is 0 Å². The van der Waals surface area contributed by atoms with Crippen molar-refractivity contribution < 1.29 is 156 Å². The summed E-state index contributed by atoms with van der Waals surface area (Å²) >= 11 is 0. The van der Waals surface area contributed by atoms with E-state index in [-0.39, 0.29) is 66.7 Å². The number of amides is 1. The van der Waals surface area contributed by atoms with Gasteiger partial charge < -0.3 is 90.9 Å². The molecule has 4 aromatic rings. The Hall–Kier alpha value is -11.2. The molecule has 138 heavy (non-hydrogen) atoms. The van der Waals surface area contributed by atoms with Crippen molar-refractivity contribution in [3.05, 3.63) is 96.6 Å². The number of hydrogen-bond acceptors (Lipinski definition) is 36. The van der Waals surface area contributed by atoms with Gasteiger partial charge in [0.1, 0.15) is 48.6 Å². The minimum atomic E-state index is -1.21. The van der Waals surface area contributed by atoms with E-state index in [9.17, 15) is 81.5 Å². The molecule has 4 aliphatic heterocycles. The van der Waals surface area contributed by atoms with Crippen LogP contribution in [0.1, 0.15) is 239 Å². The number of fused-ring (bicyclic) bond motifs is 12. The standard InChI is InChI=1S/C26H33NO9.C26H35NO8.C25H33NO8.C24H31NO8/c1-13(27-14(2)28)22(30)35-18-10-17(23(31)33-5)25(3)8-6-16-24(32)36-19(15-7-9-34-12-15)11-26(16,4)21(25)20(18)29;1-14(27(4)5)22(29)34-18-11-17(23(30)32-6)25(2)9-7-16-24(31)35-19(15-8-10-33-13-15)12-26(16,3)21(25)20(18)28;1-13(26-4)21(28)33-17-10-16(22(29)31-5)24(2)8-6-15-23(30)34-18(14-7-9-32-12-14)11-25(15,3)20(24)19(17)27;1-12(25)20(27)32-16-9-15(21(28)30-4)23(2)7-5-14-22(29)33-17(13-6-8-31-11-13)10-24(14,3)19(23)18(16)26/h7,9,12-13,16-19,21H,6,8,10-11H2,1-5H3,(H,27,28);8,10,13-14,16-19,21H,7,9,11-12H2,1-6H3;7,9,12-13,15-18,20,26H,6,8,10-11H2,1-5H3;6,8,11-12,14-17,19H,5,7,9-10,25H2,1-4H3/t13-,16-,17-,18-,19-,21?,25-,26-;14-,16-,17-,18-,19-,21?,25-,26-;13-,15-,16-,17-,18-,20?,24-,25-;12-,14+,15+,16+,17+,19?,23+,24+/m0001/s1. The van der Waals surface area contributed by atoms with Gasteiger partial charge in [-0.1, -0.05) is 55.4 Å². The Labute approximate surface area is 800 Å². The summed E-state index contributed by atoms with van der Waals surface area (Å²) in [6.07, 6.45) is 10.9. The summed E-state index contributed by atoms with van der Waals surface area (Å²) in [4.78, 5) is 224. The third-order valence-electron chi connectivity index (χ3n) is 34.1. The van der Waals surface area contributed by atoms with Crippen molar-refractivity contribution in [2.75, 3.05) is 49.6 Å². The predicted molar refractivity (Wildman–Crippen MR) is 477 cm³/mol. The third-order valence-corrected chi connectivity index (χ3v) is 34.1. The van der Waals surface area contributed by atoms with Crippen LogP contribution in [0.3, 0.4) is 0 Å². The number of carbonyl (C=O) groups excluding carboxylic acids is 17. The largest absolute Gasteiger partial charge is 0.472 e. The number of rotatable bonds is 19. The first-order valence-electron chi connectivity index (χ1n) is 47.5. The van der Waals surface area contributed by atoms with E-state index in [0.29, 0.717) is 88.2 Å². The minimum absolute atomic E-state index is 0.0204. The van der Waals surface area contributed by atoms with Gasteiger partial charge in [-0.25, -0.2) is 4.79 Å². The molecule has 37 heteroatoms. The normalized spacial score (nSPS) is 37.8. The monoisotopic (exact) mass is 1930 g/mol. The van der Waals surface area contributed by atoms with E-state index in [1.165, 1.54) is 99.3 Å². The SMILES string of the molecule is CN[C@@H](C)C(=O)O[C@H]1C[C@@H](C(=O)OC)[C@]2(C)CC[C@H]3C(=O)O[C@H](c4ccoc4)C[C@]3(C)C2C1=O.COC(=O)[C@@H]1C[C@H](OC(=O)[C@@H](C)N)C(=O)C2[C@@]1(C)CC[C@H]1C(=O)O[C@H](c3ccoc3)C[C@]21C.COC(=O)[C@@H]1C[C@H](OC(=O)[C@H](C)N(C)C)C(=O)C2[C@@]1(C)CC[C@H]1C(=O)O[C@H](c3ccoc3)C[C@]21C.COC(=O)[C@@H]1C[C@H](OC(=O)[C@H](C)NC(C)=O)C(=O)C2[C@@]1(C)CC[C@H]1C(=O)O[C@H](c3ccoc3)C[C@]21C. The molecule has 0 bridgehead atoms. The van der Waals surface area contributed by atoms with E-state index in [1.54, 1.807) is 64.2 Å². The highest BCUT2D eigenvalue weighted by Gasteiger charge is 2.74. The molecule has 8 saturated carbocycles. The van der Waals surface area contributed by atoms with Gasteiger partial charge in [0.2, 0.25) is 5.91 Å². The van der Waals surface area contributed by atoms with Gasteiger partial charge >= 0.3 is 71.6 Å². The fraction of sp³-hybridized carbons (Fsp3) is 0.673. The summed E-state index contributed by atoms with van der Waals surface area (Å²) in [6.45, 7) is 22.9. The number of furan rings is 4. The summed E-state index contributed by atoms with van der Waals surface area (Å²) < 4.78 is 86.7. The average Bonchev–Trinajstić information content (AvgIpc) is 0.843. The molecule has 8 heterocycles. The van der Waals surface area contributed by atoms with Gasteiger partial charge in [0.15, 0.2) is 47.5 Å². The second-order valence-corrected chi connectivity index (χ2v) is 42.3. The molecule has 754 valence electrons. The molecular weight excluding hydrogens is 1800 g/mol. The van der Waals surface area contributed by atoms with E-state index >= 15 is 0 Å². The van der Waals surface area contributed by atoms with Gasteiger partial charge in [0, 0.05) is 78.5 Å². The first-order chi connectivity index (χ1) is 64.9. The van der Waals surface area contributed by atoms with Crippen LogP contribution in [-0.2, 0) is 138 Å². The Bertz CT molecular complexity index is 5280. The zero-order valence-electron chi connectivity index (χ0n) is 82.1. The Kier molecular flexibility index (Phi) is 30.3. The highest BCUT2D eigenvalue weighted by Crippen LogP contribution is 2.71. The van der Waals surface area contributed by atoms with Crippen molar-refractivity contribution in [3.63, 3.8) is 0 Å². The fourth-order valence-electron chi connectivity index (χ4n) is 26.7. The smallest absolute Gasteiger partial charge is 0.329 e. The quantitative estimate of drug-likeness (QED) is 0.0580. The summed E-state index contributed by atoms with van der Waals surface area (Å²) in [5.74, 6) is -15.0. The van der Waals surface area contributed by atoms with Crippen LogP contribution in [-0.4, -0.2) is 204 Å². The van der Waals surface area contributed by atoms with E-state index in [2.05, 4.69) is 10.6 Å². The van der Waals surface area contributed by atoms with Crippen LogP contribution in [0.2, 0.25) is 0 Å². The summed E-state index contributed by atoms with van der Waals surface area (Å²) in [5, 5.41) is 5.26. The predicted octanol–water partition coefficient (Wildman–Crippen LogP) is 10.4. The number of carbonyl (C=O) groups is 17. The van der Waals surface area contributed by atoms with Crippen LogP contribution in [0, 0.1) is 114 Å². The van der Waals surface area contributed by atoms with E-state index < -0.39 is 247 Å². The number of hydrogen-bond donors (Lipinski definition) is 3. The molecule has 1 amide bonds. The Balaban J connectivity index is 0.000000155. The number of cyclic esters (lactones) is 4. The lowest BCUT2D eigenvalue weighted by Crippen LogP contribution is -2.65. The molecule has 32 atom stereocenters. The minimum Gasteiger partial charge on any atom is -0.472 e. The van der Waals surface area contributed by atoms with E-state index in [4.69, 9.17) is 80.2 Å². The number of ether oxygens (including phenoxy) is 12. The molecule has 4 aromatic heterocycles. The maximum absolute atomic E-state index is 14.1. The van der Waals surface area contributed by atoms with Crippen LogP contribution in [0.15, 0.2) is 92.0 Å². The van der Waals surface area contributed by atoms with Crippen molar-refractivity contribution in [2.45, 2.75) is 266 Å². The fourth-order valence-corrected chi connectivity index (χ4v) is 26.7. The van der Waals surface area contributed by atoms with Gasteiger partial charge in [-0.05, 0) is 193 Å². The zero-order chi connectivity index (χ0) is 101. The van der Waals surface area contributed by atoms with Crippen molar-refractivity contribution in [1.29, 1.82) is 0 Å². The molecule has 4 N–H and O–H groups in total. The highest BCUT2D eigenvalue weighted by atomic mass is 16.6. The van der Waals surface area contributed by atoms with E-state index in [1.807, 2.05) is 55.4 Å². The summed E-state index contributed by atoms with van der Waals surface area (Å²) in [6, 6.07) is 3.90.